The van der Waals surface area contributed by atoms with Gasteiger partial charge in [0.1, 0.15) is 5.75 Å². The van der Waals surface area contributed by atoms with Crippen LogP contribution >= 0.6 is 0 Å². The second-order valence-corrected chi connectivity index (χ2v) is 6.98. The van der Waals surface area contributed by atoms with Crippen molar-refractivity contribution in [1.29, 1.82) is 0 Å². The van der Waals surface area contributed by atoms with E-state index in [0.717, 1.165) is 34.3 Å². The zero-order valence-corrected chi connectivity index (χ0v) is 15.3. The molecule has 0 radical (unpaired) electrons. The van der Waals surface area contributed by atoms with Gasteiger partial charge < -0.3 is 24.3 Å². The third-order valence-electron chi connectivity index (χ3n) is 5.62. The van der Waals surface area contributed by atoms with Gasteiger partial charge in [-0.15, -0.1) is 0 Å². The molecule has 0 aliphatic carbocycles. The first-order chi connectivity index (χ1) is 12.5. The zero-order chi connectivity index (χ0) is 18.5. The molecule has 1 N–H and O–H groups in total. The maximum atomic E-state index is 13.3. The molecule has 1 saturated heterocycles. The molecule has 3 heterocycles. The molecular formula is C19H23N3O4. The minimum absolute atomic E-state index is 0.0231. The number of hydrogen-bond donors (Lipinski definition) is 1. The molecule has 7 heteroatoms. The summed E-state index contributed by atoms with van der Waals surface area (Å²) in [5.74, 6) is 0.693. The van der Waals surface area contributed by atoms with Crippen molar-refractivity contribution in [2.75, 3.05) is 40.5 Å². The lowest BCUT2D eigenvalue weighted by molar-refractivity contribution is -0.166. The van der Waals surface area contributed by atoms with Crippen molar-refractivity contribution in [2.24, 2.45) is 0 Å². The lowest BCUT2D eigenvalue weighted by atomic mass is 9.83. The Hall–Kier alpha value is -2.54. The van der Waals surface area contributed by atoms with E-state index in [-0.39, 0.29) is 18.4 Å². The van der Waals surface area contributed by atoms with Crippen molar-refractivity contribution in [3.05, 3.63) is 29.5 Å². The summed E-state index contributed by atoms with van der Waals surface area (Å²) in [5.41, 5.74) is 1.84. The first-order valence-electron chi connectivity index (χ1n) is 8.78. The number of amides is 2. The summed E-state index contributed by atoms with van der Waals surface area (Å²) in [6.45, 7) is 3.31. The molecule has 7 nitrogen and oxygen atoms in total. The van der Waals surface area contributed by atoms with Crippen LogP contribution in [0.2, 0.25) is 0 Å². The summed E-state index contributed by atoms with van der Waals surface area (Å²) in [6.07, 6.45) is 0.717. The second kappa shape index (κ2) is 6.02. The predicted octanol–water partition coefficient (Wildman–Crippen LogP) is 1.26. The molecule has 2 aliphatic heterocycles. The molecular weight excluding hydrogens is 334 g/mol. The third kappa shape index (κ3) is 2.23. The van der Waals surface area contributed by atoms with E-state index in [4.69, 9.17) is 9.47 Å². The second-order valence-electron chi connectivity index (χ2n) is 6.98. The van der Waals surface area contributed by atoms with E-state index in [1.807, 2.05) is 25.1 Å². The Morgan fingerprint density at radius 2 is 2.08 bits per heavy atom. The fourth-order valence-electron chi connectivity index (χ4n) is 4.22. The number of aromatic nitrogens is 1. The first kappa shape index (κ1) is 16.9. The van der Waals surface area contributed by atoms with Gasteiger partial charge in [0.25, 0.3) is 5.91 Å². The van der Waals surface area contributed by atoms with Crippen LogP contribution in [0.3, 0.4) is 0 Å². The van der Waals surface area contributed by atoms with E-state index in [1.54, 1.807) is 24.0 Å². The Morgan fingerprint density at radius 1 is 1.27 bits per heavy atom. The lowest BCUT2D eigenvalue weighted by Crippen LogP contribution is -2.67. The van der Waals surface area contributed by atoms with Gasteiger partial charge in [0.15, 0.2) is 5.54 Å². The number of nitrogens with zero attached hydrogens (tertiary/aromatic N) is 2. The molecule has 2 amide bonds. The Bertz CT molecular complexity index is 890. The average molecular weight is 357 g/mol. The fourth-order valence-corrected chi connectivity index (χ4v) is 4.22. The summed E-state index contributed by atoms with van der Waals surface area (Å²) in [5, 5.41) is 1.05. The van der Waals surface area contributed by atoms with Crippen molar-refractivity contribution in [2.45, 2.75) is 18.9 Å². The highest BCUT2D eigenvalue weighted by Crippen LogP contribution is 2.42. The lowest BCUT2D eigenvalue weighted by Gasteiger charge is -2.49. The number of carbonyl (C=O) groups excluding carboxylic acids is 2. The Balaban J connectivity index is 1.84. The van der Waals surface area contributed by atoms with Crippen LogP contribution in [0.5, 0.6) is 5.75 Å². The van der Waals surface area contributed by atoms with Crippen LogP contribution in [-0.4, -0.2) is 67.1 Å². The van der Waals surface area contributed by atoms with E-state index in [1.165, 1.54) is 0 Å². The van der Waals surface area contributed by atoms with Gasteiger partial charge in [-0.3, -0.25) is 9.59 Å². The first-order valence-corrected chi connectivity index (χ1v) is 8.78. The van der Waals surface area contributed by atoms with Gasteiger partial charge in [0.2, 0.25) is 5.91 Å². The van der Waals surface area contributed by atoms with Gasteiger partial charge in [0.05, 0.1) is 26.0 Å². The van der Waals surface area contributed by atoms with Crippen molar-refractivity contribution in [3.63, 3.8) is 0 Å². The minimum Gasteiger partial charge on any atom is -0.497 e. The number of piperazine rings is 1. The van der Waals surface area contributed by atoms with Gasteiger partial charge >= 0.3 is 0 Å². The fraction of sp³-hybridized carbons (Fsp3) is 0.474. The van der Waals surface area contributed by atoms with Crippen molar-refractivity contribution in [1.82, 2.24) is 14.8 Å². The van der Waals surface area contributed by atoms with Crippen LogP contribution in [0.25, 0.3) is 10.9 Å². The average Bonchev–Trinajstić information content (AvgIpc) is 3.02. The number of fused-ring (bicyclic) bond motifs is 5. The molecule has 0 saturated carbocycles. The number of hydrogen-bond acceptors (Lipinski definition) is 4. The summed E-state index contributed by atoms with van der Waals surface area (Å²) in [4.78, 5) is 32.8. The van der Waals surface area contributed by atoms with E-state index < -0.39 is 5.54 Å². The van der Waals surface area contributed by atoms with E-state index >= 15 is 0 Å². The molecule has 4 rings (SSSR count). The minimum atomic E-state index is -1.01. The molecule has 0 spiro atoms. The van der Waals surface area contributed by atoms with Crippen molar-refractivity contribution in [3.8, 4) is 5.75 Å². The third-order valence-corrected chi connectivity index (χ3v) is 5.62. The smallest absolute Gasteiger partial charge is 0.255 e. The number of nitrogens with one attached hydrogen (secondary N) is 1. The standard InChI is InChI=1S/C19H23N3O4/c1-19-17-13(14-10-12(26-3)4-5-15(14)20-17)6-7-22(19)16(23)11-21(18(19)24)8-9-25-2/h4-5,10,20H,6-9,11H2,1-3H3/t19-/m0/s1. The van der Waals surface area contributed by atoms with Crippen molar-refractivity contribution >= 4 is 22.7 Å². The molecule has 1 fully saturated rings. The molecule has 2 aliphatic rings. The van der Waals surface area contributed by atoms with Crippen LogP contribution in [0.15, 0.2) is 18.2 Å². The van der Waals surface area contributed by atoms with Crippen LogP contribution in [0.4, 0.5) is 0 Å². The van der Waals surface area contributed by atoms with Crippen LogP contribution in [0, 0.1) is 0 Å². The monoisotopic (exact) mass is 357 g/mol. The molecule has 0 unspecified atom stereocenters. The molecule has 0 bridgehead atoms. The van der Waals surface area contributed by atoms with E-state index in [0.29, 0.717) is 19.7 Å². The van der Waals surface area contributed by atoms with Gasteiger partial charge in [-0.25, -0.2) is 0 Å². The highest BCUT2D eigenvalue weighted by molar-refractivity contribution is 6.00. The largest absolute Gasteiger partial charge is 0.497 e. The molecule has 1 aromatic carbocycles. The number of rotatable bonds is 4. The molecule has 1 aromatic heterocycles. The predicted molar refractivity (Wildman–Crippen MR) is 96.1 cm³/mol. The topological polar surface area (TPSA) is 74.9 Å². The quantitative estimate of drug-likeness (QED) is 0.894. The van der Waals surface area contributed by atoms with Crippen LogP contribution in [0.1, 0.15) is 18.2 Å². The number of ether oxygens (including phenoxy) is 2. The van der Waals surface area contributed by atoms with Crippen molar-refractivity contribution < 1.29 is 19.1 Å². The van der Waals surface area contributed by atoms with Gasteiger partial charge in [0, 0.05) is 31.1 Å². The molecule has 1 atom stereocenters. The highest BCUT2D eigenvalue weighted by Gasteiger charge is 2.53. The maximum Gasteiger partial charge on any atom is 0.255 e. The van der Waals surface area contributed by atoms with E-state index in [9.17, 15) is 9.59 Å². The zero-order valence-electron chi connectivity index (χ0n) is 15.3. The maximum absolute atomic E-state index is 13.3. The summed E-state index contributed by atoms with van der Waals surface area (Å²) >= 11 is 0. The summed E-state index contributed by atoms with van der Waals surface area (Å²) in [7, 11) is 3.23. The van der Waals surface area contributed by atoms with Gasteiger partial charge in [-0.1, -0.05) is 0 Å². The van der Waals surface area contributed by atoms with Crippen LogP contribution in [-0.2, 0) is 26.3 Å². The molecule has 26 heavy (non-hydrogen) atoms. The van der Waals surface area contributed by atoms with Crippen LogP contribution < -0.4 is 4.74 Å². The number of carbonyl (C=O) groups is 2. The number of H-pyrrole nitrogens is 1. The van der Waals surface area contributed by atoms with E-state index in [2.05, 4.69) is 4.98 Å². The summed E-state index contributed by atoms with van der Waals surface area (Å²) in [6, 6.07) is 5.84. The molecule has 138 valence electrons. The Kier molecular flexibility index (Phi) is 3.91. The normalized spacial score (nSPS) is 22.6. The van der Waals surface area contributed by atoms with Gasteiger partial charge in [-0.2, -0.15) is 0 Å². The number of methoxy groups -OCH3 is 2. The Labute approximate surface area is 151 Å². The SMILES string of the molecule is COCCN1CC(=O)N2CCc3c([nH]c4ccc(OC)cc34)[C@@]2(C)C1=O. The Morgan fingerprint density at radius 3 is 2.81 bits per heavy atom. The number of benzene rings is 1. The van der Waals surface area contributed by atoms with Gasteiger partial charge in [-0.05, 0) is 37.1 Å². The highest BCUT2D eigenvalue weighted by atomic mass is 16.5. The molecule has 2 aromatic rings. The summed E-state index contributed by atoms with van der Waals surface area (Å²) < 4.78 is 10.4. The number of aromatic amines is 1.